The first-order chi connectivity index (χ1) is 10.1. The summed E-state index contributed by atoms with van der Waals surface area (Å²) in [4.78, 5) is 17.2. The van der Waals surface area contributed by atoms with Gasteiger partial charge in [-0.3, -0.25) is 4.79 Å². The van der Waals surface area contributed by atoms with Crippen molar-refractivity contribution in [3.8, 4) is 11.8 Å². The number of hydrogen-bond donors (Lipinski definition) is 0. The summed E-state index contributed by atoms with van der Waals surface area (Å²) in [6.45, 7) is 4.52. The van der Waals surface area contributed by atoms with E-state index in [4.69, 9.17) is 4.74 Å². The molecule has 0 unspecified atom stereocenters. The van der Waals surface area contributed by atoms with Crippen molar-refractivity contribution < 1.29 is 27.4 Å². The number of carbonyl (C=O) groups is 1. The van der Waals surface area contributed by atoms with E-state index in [1.807, 2.05) is 0 Å². The fourth-order valence-corrected chi connectivity index (χ4v) is 1.96. The van der Waals surface area contributed by atoms with Gasteiger partial charge >= 0.3 is 6.18 Å². The fraction of sp³-hybridized carbons (Fsp3) is 0.571. The highest BCUT2D eigenvalue weighted by Gasteiger charge is 2.54. The van der Waals surface area contributed by atoms with Crippen LogP contribution in [0.2, 0.25) is 0 Å². The molecule has 0 atom stereocenters. The molecule has 0 bridgehead atoms. The Hall–Kier alpha value is -1.99. The number of aromatic nitrogens is 1. The average molecular weight is 318 g/mol. The lowest BCUT2D eigenvalue weighted by Crippen LogP contribution is -2.20. The van der Waals surface area contributed by atoms with Crippen molar-refractivity contribution in [3.63, 3.8) is 0 Å². The molecular formula is C14H17F3N2O3. The molecule has 0 aromatic carbocycles. The van der Waals surface area contributed by atoms with Gasteiger partial charge in [0, 0.05) is 11.6 Å². The Morgan fingerprint density at radius 3 is 2.41 bits per heavy atom. The Balaban J connectivity index is 2.12. The highest BCUT2D eigenvalue weighted by Crippen LogP contribution is 2.36. The smallest absolute Gasteiger partial charge is 0.422 e. The van der Waals surface area contributed by atoms with Gasteiger partial charge in [-0.1, -0.05) is 0 Å². The lowest BCUT2D eigenvalue weighted by molar-refractivity contribution is -0.154. The molecule has 1 aromatic rings. The van der Waals surface area contributed by atoms with E-state index >= 15 is 0 Å². The van der Waals surface area contributed by atoms with Crippen molar-refractivity contribution >= 4 is 5.91 Å². The Morgan fingerprint density at radius 1 is 1.27 bits per heavy atom. The lowest BCUT2D eigenvalue weighted by atomic mass is 10.2. The molecular weight excluding hydrogens is 301 g/mol. The molecule has 0 N–H and O–H groups in total. The van der Waals surface area contributed by atoms with Crippen LogP contribution in [0.3, 0.4) is 0 Å². The van der Waals surface area contributed by atoms with Crippen LogP contribution in [0.15, 0.2) is 12.1 Å². The zero-order valence-electron chi connectivity index (χ0n) is 12.5. The van der Waals surface area contributed by atoms with Crippen LogP contribution in [0.4, 0.5) is 13.2 Å². The van der Waals surface area contributed by atoms with Gasteiger partial charge in [0.25, 0.3) is 0 Å². The molecule has 8 heteroatoms. The van der Waals surface area contributed by atoms with E-state index in [0.717, 1.165) is 0 Å². The fourth-order valence-electron chi connectivity index (χ4n) is 1.96. The number of halogens is 3. The van der Waals surface area contributed by atoms with E-state index in [1.165, 1.54) is 6.07 Å². The van der Waals surface area contributed by atoms with Crippen LogP contribution in [0, 0.1) is 0 Å². The Bertz CT molecular complexity index is 573. The summed E-state index contributed by atoms with van der Waals surface area (Å²) in [7, 11) is 0. The maximum atomic E-state index is 12.1. The molecule has 0 spiro atoms. The summed E-state index contributed by atoms with van der Waals surface area (Å²) in [6.07, 6.45) is -4.43. The SMILES string of the molecule is CCOc1nc(OCC(F)(F)F)ccc1CN1C(=O)C1(C)C. The van der Waals surface area contributed by atoms with Gasteiger partial charge in [-0.25, -0.2) is 0 Å². The molecule has 1 aliphatic heterocycles. The van der Waals surface area contributed by atoms with Gasteiger partial charge in [0.05, 0.1) is 13.2 Å². The second-order valence-electron chi connectivity index (χ2n) is 5.40. The van der Waals surface area contributed by atoms with Crippen LogP contribution in [-0.2, 0) is 11.3 Å². The van der Waals surface area contributed by atoms with Gasteiger partial charge in [-0.15, -0.1) is 0 Å². The van der Waals surface area contributed by atoms with Crippen molar-refractivity contribution in [1.29, 1.82) is 0 Å². The van der Waals surface area contributed by atoms with Crippen molar-refractivity contribution in [2.24, 2.45) is 0 Å². The van der Waals surface area contributed by atoms with Crippen LogP contribution >= 0.6 is 0 Å². The molecule has 0 aliphatic carbocycles. The summed E-state index contributed by atoms with van der Waals surface area (Å²) >= 11 is 0. The summed E-state index contributed by atoms with van der Waals surface area (Å²) in [5.41, 5.74) is 0.106. The molecule has 1 saturated heterocycles. The van der Waals surface area contributed by atoms with Gasteiger partial charge in [-0.05, 0) is 26.8 Å². The summed E-state index contributed by atoms with van der Waals surface area (Å²) in [5, 5.41) is 0. The highest BCUT2D eigenvalue weighted by atomic mass is 19.4. The third-order valence-electron chi connectivity index (χ3n) is 3.30. The molecule has 22 heavy (non-hydrogen) atoms. The first kappa shape index (κ1) is 16.4. The van der Waals surface area contributed by atoms with Crippen molar-refractivity contribution in [3.05, 3.63) is 17.7 Å². The quantitative estimate of drug-likeness (QED) is 0.757. The second-order valence-corrected chi connectivity index (χ2v) is 5.40. The molecule has 1 aliphatic rings. The monoisotopic (exact) mass is 318 g/mol. The topological polar surface area (TPSA) is 51.4 Å². The van der Waals surface area contributed by atoms with Gasteiger partial charge in [0.15, 0.2) is 6.61 Å². The Labute approximate surface area is 126 Å². The third-order valence-corrected chi connectivity index (χ3v) is 3.30. The predicted molar refractivity (Wildman–Crippen MR) is 71.6 cm³/mol. The first-order valence-corrected chi connectivity index (χ1v) is 6.79. The Kier molecular flexibility index (Phi) is 4.21. The average Bonchev–Trinajstić information content (AvgIpc) is 2.88. The van der Waals surface area contributed by atoms with Crippen molar-refractivity contribution in [1.82, 2.24) is 9.88 Å². The lowest BCUT2D eigenvalue weighted by Gasteiger charge is -2.13. The molecule has 0 saturated carbocycles. The first-order valence-electron chi connectivity index (χ1n) is 6.79. The van der Waals surface area contributed by atoms with E-state index in [9.17, 15) is 18.0 Å². The second kappa shape index (κ2) is 5.66. The maximum Gasteiger partial charge on any atom is 0.422 e. The van der Waals surface area contributed by atoms with Gasteiger partial charge in [0.2, 0.25) is 17.7 Å². The minimum Gasteiger partial charge on any atom is -0.478 e. The molecule has 122 valence electrons. The highest BCUT2D eigenvalue weighted by molar-refractivity contribution is 6.01. The number of amides is 1. The number of pyridine rings is 1. The molecule has 0 radical (unpaired) electrons. The summed E-state index contributed by atoms with van der Waals surface area (Å²) in [6, 6.07) is 2.90. The van der Waals surface area contributed by atoms with E-state index in [0.29, 0.717) is 18.7 Å². The number of hydrogen-bond acceptors (Lipinski definition) is 4. The van der Waals surface area contributed by atoms with Gasteiger partial charge in [-0.2, -0.15) is 18.2 Å². The Morgan fingerprint density at radius 2 is 1.91 bits per heavy atom. The zero-order chi connectivity index (χ0) is 16.5. The van der Waals surface area contributed by atoms with E-state index in [-0.39, 0.29) is 17.7 Å². The van der Waals surface area contributed by atoms with E-state index in [2.05, 4.69) is 9.72 Å². The number of alkyl halides is 3. The maximum absolute atomic E-state index is 12.1. The van der Waals surface area contributed by atoms with Crippen molar-refractivity contribution in [2.75, 3.05) is 13.2 Å². The van der Waals surface area contributed by atoms with E-state index < -0.39 is 18.3 Å². The van der Waals surface area contributed by atoms with E-state index in [1.54, 1.807) is 31.7 Å². The number of carbonyl (C=O) groups excluding carboxylic acids is 1. The standard InChI is InChI=1S/C14H17F3N2O3/c1-4-21-11-9(7-19-12(20)13(19,2)3)5-6-10(18-11)22-8-14(15,16)17/h5-6H,4,7-8H2,1-3H3. The van der Waals surface area contributed by atoms with Crippen LogP contribution < -0.4 is 9.47 Å². The van der Waals surface area contributed by atoms with Gasteiger partial charge < -0.3 is 14.4 Å². The minimum absolute atomic E-state index is 0.00680. The number of nitrogens with zero attached hydrogens (tertiary/aromatic N) is 2. The predicted octanol–water partition coefficient (Wildman–Crippen LogP) is 2.54. The molecule has 1 amide bonds. The summed E-state index contributed by atoms with van der Waals surface area (Å²) < 4.78 is 46.4. The number of rotatable bonds is 6. The zero-order valence-corrected chi connectivity index (χ0v) is 12.5. The molecule has 1 aromatic heterocycles. The van der Waals surface area contributed by atoms with Crippen LogP contribution in [-0.4, -0.2) is 40.7 Å². The third kappa shape index (κ3) is 3.61. The van der Waals surface area contributed by atoms with Crippen LogP contribution in [0.5, 0.6) is 11.8 Å². The largest absolute Gasteiger partial charge is 0.478 e. The minimum atomic E-state index is -4.43. The van der Waals surface area contributed by atoms with Gasteiger partial charge in [0.1, 0.15) is 5.54 Å². The number of ether oxygens (including phenoxy) is 2. The van der Waals surface area contributed by atoms with Crippen molar-refractivity contribution in [2.45, 2.75) is 39.0 Å². The van der Waals surface area contributed by atoms with Crippen LogP contribution in [0.25, 0.3) is 0 Å². The van der Waals surface area contributed by atoms with Crippen LogP contribution in [0.1, 0.15) is 26.3 Å². The molecule has 5 nitrogen and oxygen atoms in total. The summed E-state index contributed by atoms with van der Waals surface area (Å²) in [5.74, 6) is 0.0194. The molecule has 2 rings (SSSR count). The molecule has 1 fully saturated rings. The normalized spacial score (nSPS) is 16.6. The molecule has 2 heterocycles.